The van der Waals surface area contributed by atoms with Crippen LogP contribution in [0.3, 0.4) is 0 Å². The average Bonchev–Trinajstić information content (AvgIpc) is 3.31. The van der Waals surface area contributed by atoms with E-state index in [2.05, 4.69) is 61.9 Å². The highest BCUT2D eigenvalue weighted by atomic mass is 32.2. The zero-order valence-corrected chi connectivity index (χ0v) is 24.2. The molecule has 0 spiro atoms. The molecule has 0 aliphatic carbocycles. The van der Waals surface area contributed by atoms with Crippen molar-refractivity contribution < 1.29 is 19.0 Å². The molecular weight excluding hydrogens is 512 g/mol. The van der Waals surface area contributed by atoms with E-state index in [4.69, 9.17) is 19.3 Å². The van der Waals surface area contributed by atoms with Crippen LogP contribution in [0, 0.1) is 0 Å². The number of methoxy groups -OCH3 is 1. The molecule has 8 nitrogen and oxygen atoms in total. The lowest BCUT2D eigenvalue weighted by atomic mass is 9.87. The maximum atomic E-state index is 13.2. The van der Waals surface area contributed by atoms with Gasteiger partial charge in [-0.25, -0.2) is 9.48 Å². The third-order valence-electron chi connectivity index (χ3n) is 6.38. The molecule has 0 radical (unpaired) electrons. The average molecular weight is 549 g/mol. The molecule has 1 aliphatic rings. The molecule has 1 N–H and O–H groups in total. The second kappa shape index (κ2) is 12.0. The van der Waals surface area contributed by atoms with Gasteiger partial charge in [0.15, 0.2) is 11.5 Å². The maximum absolute atomic E-state index is 13.2. The number of allylic oxidation sites excluding steroid dienone is 1. The van der Waals surface area contributed by atoms with Gasteiger partial charge in [0.25, 0.3) is 0 Å². The van der Waals surface area contributed by atoms with Crippen LogP contribution in [-0.2, 0) is 21.6 Å². The van der Waals surface area contributed by atoms with Crippen molar-refractivity contribution in [2.24, 2.45) is 0 Å². The van der Waals surface area contributed by atoms with Crippen LogP contribution in [0.1, 0.15) is 57.4 Å². The van der Waals surface area contributed by atoms with Crippen LogP contribution in [0.2, 0.25) is 0 Å². The number of carbonyl (C=O) groups excluding carboxylic acids is 1. The van der Waals surface area contributed by atoms with Gasteiger partial charge in [0.05, 0.1) is 12.7 Å². The fourth-order valence-electron chi connectivity index (χ4n) is 4.34. The van der Waals surface area contributed by atoms with Crippen molar-refractivity contribution in [1.82, 2.24) is 14.8 Å². The zero-order chi connectivity index (χ0) is 28.2. The summed E-state index contributed by atoms with van der Waals surface area (Å²) in [6.45, 7) is 14.6. The predicted molar refractivity (Wildman–Crippen MR) is 155 cm³/mol. The summed E-state index contributed by atoms with van der Waals surface area (Å²) in [4.78, 5) is 17.8. The second-order valence-electron chi connectivity index (χ2n) is 10.2. The van der Waals surface area contributed by atoms with Crippen molar-refractivity contribution in [3.05, 3.63) is 83.1 Å². The molecule has 1 aliphatic heterocycles. The summed E-state index contributed by atoms with van der Waals surface area (Å²) in [5.41, 5.74) is 4.31. The number of thioether (sulfide) groups is 1. The van der Waals surface area contributed by atoms with Gasteiger partial charge in [0, 0.05) is 5.70 Å². The number of nitrogens with one attached hydrogen (secondary N) is 1. The quantitative estimate of drug-likeness (QED) is 0.180. The number of hydrogen-bond donors (Lipinski definition) is 1. The summed E-state index contributed by atoms with van der Waals surface area (Å²) in [5, 5.41) is 8.53. The number of fused-ring (bicyclic) bond motifs is 1. The van der Waals surface area contributed by atoms with Gasteiger partial charge in [0.2, 0.25) is 11.1 Å². The molecule has 1 atom stereocenters. The van der Waals surface area contributed by atoms with Crippen molar-refractivity contribution in [2.45, 2.75) is 57.8 Å². The smallest absolute Gasteiger partial charge is 0.338 e. The first-order chi connectivity index (χ1) is 18.7. The summed E-state index contributed by atoms with van der Waals surface area (Å²) >= 11 is 1.53. The van der Waals surface area contributed by atoms with Gasteiger partial charge in [-0.1, -0.05) is 82.4 Å². The first kappa shape index (κ1) is 28.3. The van der Waals surface area contributed by atoms with E-state index in [0.717, 1.165) is 16.9 Å². The normalized spacial score (nSPS) is 14.9. The Balaban J connectivity index is 1.66. The predicted octanol–water partition coefficient (Wildman–Crippen LogP) is 6.29. The van der Waals surface area contributed by atoms with Gasteiger partial charge in [0.1, 0.15) is 19.3 Å². The van der Waals surface area contributed by atoms with Gasteiger partial charge in [-0.15, -0.1) is 5.10 Å². The molecule has 1 aromatic heterocycles. The van der Waals surface area contributed by atoms with Crippen LogP contribution in [0.5, 0.6) is 11.5 Å². The van der Waals surface area contributed by atoms with E-state index in [9.17, 15) is 4.79 Å². The molecule has 39 heavy (non-hydrogen) atoms. The Labute approximate surface area is 234 Å². The molecular formula is C30H36N4O4S. The Kier molecular flexibility index (Phi) is 8.70. The molecule has 9 heteroatoms. The molecule has 2 heterocycles. The number of carbonyl (C=O) groups is 1. The maximum Gasteiger partial charge on any atom is 0.338 e. The number of esters is 1. The van der Waals surface area contributed by atoms with E-state index in [-0.39, 0.29) is 12.0 Å². The Morgan fingerprint density at radius 1 is 1.18 bits per heavy atom. The van der Waals surface area contributed by atoms with Gasteiger partial charge in [-0.05, 0) is 46.9 Å². The minimum absolute atomic E-state index is 0.0940. The molecule has 2 aromatic carbocycles. The Hall–Kier alpha value is -3.72. The van der Waals surface area contributed by atoms with Gasteiger partial charge >= 0.3 is 5.97 Å². The zero-order valence-electron chi connectivity index (χ0n) is 23.4. The summed E-state index contributed by atoms with van der Waals surface area (Å²) < 4.78 is 19.0. The fraction of sp³-hybridized carbons (Fsp3) is 0.367. The lowest BCUT2D eigenvalue weighted by molar-refractivity contribution is -0.138. The monoisotopic (exact) mass is 548 g/mol. The van der Waals surface area contributed by atoms with Crippen LogP contribution in [-0.4, -0.2) is 40.2 Å². The molecule has 0 saturated heterocycles. The third-order valence-corrected chi connectivity index (χ3v) is 7.10. The number of benzene rings is 2. The van der Waals surface area contributed by atoms with Crippen molar-refractivity contribution in [3.63, 3.8) is 0 Å². The number of nitrogens with zero attached hydrogens (tertiary/aromatic N) is 3. The highest BCUT2D eigenvalue weighted by Crippen LogP contribution is 2.40. The van der Waals surface area contributed by atoms with Crippen LogP contribution in [0.25, 0.3) is 0 Å². The first-order valence-corrected chi connectivity index (χ1v) is 13.9. The highest BCUT2D eigenvalue weighted by Gasteiger charge is 2.35. The second-order valence-corrected chi connectivity index (χ2v) is 11.4. The Bertz CT molecular complexity index is 1370. The van der Waals surface area contributed by atoms with Crippen LogP contribution in [0.15, 0.2) is 71.5 Å². The van der Waals surface area contributed by atoms with E-state index in [1.54, 1.807) is 17.9 Å². The van der Waals surface area contributed by atoms with Gasteiger partial charge in [-0.2, -0.15) is 4.98 Å². The lowest BCUT2D eigenvalue weighted by Gasteiger charge is -2.28. The Morgan fingerprint density at radius 3 is 2.56 bits per heavy atom. The van der Waals surface area contributed by atoms with Gasteiger partial charge in [-0.3, -0.25) is 0 Å². The van der Waals surface area contributed by atoms with Crippen LogP contribution < -0.4 is 14.8 Å². The third kappa shape index (κ3) is 6.30. The van der Waals surface area contributed by atoms with Crippen LogP contribution >= 0.6 is 11.8 Å². The van der Waals surface area contributed by atoms with Crippen molar-refractivity contribution in [3.8, 4) is 11.5 Å². The molecule has 0 bridgehead atoms. The number of rotatable bonds is 10. The molecule has 1 unspecified atom stereocenters. The van der Waals surface area contributed by atoms with E-state index in [1.165, 1.54) is 17.3 Å². The Morgan fingerprint density at radius 2 is 1.92 bits per heavy atom. The molecule has 206 valence electrons. The number of anilines is 1. The van der Waals surface area contributed by atoms with E-state index in [1.807, 2.05) is 32.0 Å². The molecule has 0 amide bonds. The van der Waals surface area contributed by atoms with Crippen molar-refractivity contribution >= 4 is 23.7 Å². The van der Waals surface area contributed by atoms with Crippen molar-refractivity contribution in [1.29, 1.82) is 0 Å². The highest BCUT2D eigenvalue weighted by molar-refractivity contribution is 7.99. The van der Waals surface area contributed by atoms with E-state index < -0.39 is 12.0 Å². The standard InChI is InChI=1S/C30H36N4O4S/c1-8-16-37-27(35)25-19(3)31-28-32-29(39-9-2)33-34(28)26(25)21-12-15-23(24(17-21)36-7)38-18-20-10-13-22(14-11-20)30(4,5)6/h8,10-15,17,26H,1,9,16,18H2,2-7H3,(H,31,32,33). The van der Waals surface area contributed by atoms with E-state index >= 15 is 0 Å². The topological polar surface area (TPSA) is 87.5 Å². The van der Waals surface area contributed by atoms with Crippen molar-refractivity contribution in [2.75, 3.05) is 24.8 Å². The summed E-state index contributed by atoms with van der Waals surface area (Å²) in [7, 11) is 1.60. The fourth-order valence-corrected chi connectivity index (χ4v) is 4.90. The van der Waals surface area contributed by atoms with Crippen LogP contribution in [0.4, 0.5) is 5.95 Å². The largest absolute Gasteiger partial charge is 0.493 e. The minimum atomic E-state index is -0.565. The number of aromatic nitrogens is 3. The molecule has 4 rings (SSSR count). The summed E-state index contributed by atoms with van der Waals surface area (Å²) in [6.07, 6.45) is 1.54. The molecule has 0 fully saturated rings. The summed E-state index contributed by atoms with van der Waals surface area (Å²) in [6, 6.07) is 13.5. The SMILES string of the molecule is C=CCOC(=O)C1=C(C)Nc2nc(SCC)nn2C1c1ccc(OCc2ccc(C(C)(C)C)cc2)c(OC)c1. The number of ether oxygens (including phenoxy) is 3. The molecule has 0 saturated carbocycles. The lowest BCUT2D eigenvalue weighted by Crippen LogP contribution is -2.29. The minimum Gasteiger partial charge on any atom is -0.493 e. The number of hydrogen-bond acceptors (Lipinski definition) is 8. The summed E-state index contributed by atoms with van der Waals surface area (Å²) in [5.74, 6) is 2.10. The van der Waals surface area contributed by atoms with E-state index in [0.29, 0.717) is 40.5 Å². The first-order valence-electron chi connectivity index (χ1n) is 12.9. The molecule has 3 aromatic rings. The van der Waals surface area contributed by atoms with Gasteiger partial charge < -0.3 is 19.5 Å².